The molecule has 0 aliphatic rings. The number of amides is 1. The van der Waals surface area contributed by atoms with Gasteiger partial charge in [0.05, 0.1) is 5.69 Å². The predicted octanol–water partition coefficient (Wildman–Crippen LogP) is 5.91. The molecule has 2 aromatic carbocycles. The van der Waals surface area contributed by atoms with E-state index >= 15 is 0 Å². The summed E-state index contributed by atoms with van der Waals surface area (Å²) in [7, 11) is 0. The number of carbonyl (C=O) groups excluding carboxylic acids is 1. The highest BCUT2D eigenvalue weighted by Crippen LogP contribution is 2.32. The van der Waals surface area contributed by atoms with Gasteiger partial charge in [-0.25, -0.2) is 0 Å². The third-order valence-corrected chi connectivity index (χ3v) is 5.37. The van der Waals surface area contributed by atoms with Crippen LogP contribution in [0.1, 0.15) is 25.0 Å². The quantitative estimate of drug-likeness (QED) is 0.404. The van der Waals surface area contributed by atoms with E-state index in [1.165, 1.54) is 0 Å². The molecule has 1 amide bonds. The molecule has 0 aliphatic carbocycles. The number of rotatable bonds is 6. The van der Waals surface area contributed by atoms with Crippen molar-refractivity contribution in [2.45, 2.75) is 20.8 Å². The average molecular weight is 491 g/mol. The Morgan fingerprint density at radius 3 is 2.19 bits per heavy atom. The molecular weight excluding hydrogens is 470 g/mol. The Hall–Kier alpha value is -2.10. The Bertz CT molecular complexity index is 872. The molecule has 0 radical (unpaired) electrons. The van der Waals surface area contributed by atoms with Crippen LogP contribution in [0.25, 0.3) is 6.08 Å². The fourth-order valence-electron chi connectivity index (χ4n) is 2.69. The number of nitrogens with one attached hydrogen (secondary N) is 1. The van der Waals surface area contributed by atoms with E-state index in [2.05, 4.69) is 55.9 Å². The lowest BCUT2D eigenvalue weighted by Crippen LogP contribution is -2.21. The van der Waals surface area contributed by atoms with Gasteiger partial charge < -0.3 is 10.2 Å². The number of benzene rings is 2. The van der Waals surface area contributed by atoms with Crippen LogP contribution < -0.4 is 10.2 Å². The molecule has 0 aromatic heterocycles. The van der Waals surface area contributed by atoms with Crippen molar-refractivity contribution >= 4 is 55.2 Å². The molecule has 0 spiro atoms. The maximum Gasteiger partial charge on any atom is 0.266 e. The molecule has 27 heavy (non-hydrogen) atoms. The first-order valence-electron chi connectivity index (χ1n) is 8.63. The van der Waals surface area contributed by atoms with Crippen LogP contribution in [0.2, 0.25) is 0 Å². The van der Waals surface area contributed by atoms with Crippen molar-refractivity contribution in [3.8, 4) is 6.07 Å². The van der Waals surface area contributed by atoms with Gasteiger partial charge in [0.1, 0.15) is 11.6 Å². The monoisotopic (exact) mass is 489 g/mol. The second-order valence-corrected chi connectivity index (χ2v) is 7.70. The summed E-state index contributed by atoms with van der Waals surface area (Å²) >= 11 is 6.90. The van der Waals surface area contributed by atoms with E-state index in [-0.39, 0.29) is 5.57 Å². The fourth-order valence-corrected chi connectivity index (χ4v) is 4.30. The number of hydrogen-bond acceptors (Lipinski definition) is 3. The zero-order valence-corrected chi connectivity index (χ0v) is 18.7. The van der Waals surface area contributed by atoms with Gasteiger partial charge in [-0.3, -0.25) is 4.79 Å². The van der Waals surface area contributed by atoms with Gasteiger partial charge in [0.25, 0.3) is 5.91 Å². The third-order valence-electron chi connectivity index (χ3n) is 4.12. The van der Waals surface area contributed by atoms with Gasteiger partial charge in [-0.1, -0.05) is 12.1 Å². The molecule has 6 heteroatoms. The smallest absolute Gasteiger partial charge is 0.266 e. The van der Waals surface area contributed by atoms with Crippen molar-refractivity contribution in [2.24, 2.45) is 0 Å². The van der Waals surface area contributed by atoms with Crippen molar-refractivity contribution in [1.82, 2.24) is 0 Å². The number of nitriles is 1. The minimum atomic E-state index is -0.449. The first-order chi connectivity index (χ1) is 12.9. The molecule has 0 heterocycles. The van der Waals surface area contributed by atoms with E-state index < -0.39 is 5.91 Å². The maximum absolute atomic E-state index is 12.6. The van der Waals surface area contributed by atoms with E-state index in [1.54, 1.807) is 6.08 Å². The molecule has 1 N–H and O–H groups in total. The first kappa shape index (κ1) is 21.2. The molecule has 0 saturated carbocycles. The van der Waals surface area contributed by atoms with Crippen LogP contribution in [0.3, 0.4) is 0 Å². The van der Waals surface area contributed by atoms with Gasteiger partial charge in [-0.15, -0.1) is 0 Å². The Morgan fingerprint density at radius 2 is 1.70 bits per heavy atom. The minimum absolute atomic E-state index is 0.0463. The summed E-state index contributed by atoms with van der Waals surface area (Å²) in [5.41, 5.74) is 3.62. The molecule has 2 rings (SSSR count). The summed E-state index contributed by atoms with van der Waals surface area (Å²) in [6.07, 6.45) is 1.59. The van der Waals surface area contributed by atoms with Crippen LogP contribution in [-0.2, 0) is 4.79 Å². The second-order valence-electron chi connectivity index (χ2n) is 5.99. The number of anilines is 2. The number of halogens is 2. The lowest BCUT2D eigenvalue weighted by molar-refractivity contribution is -0.112. The SMILES string of the molecule is CCN(CC)c1ccc(/C=C(\C#N)C(=O)Nc2c(Br)cc(C)cc2Br)cc1. The van der Waals surface area contributed by atoms with E-state index in [4.69, 9.17) is 0 Å². The predicted molar refractivity (Wildman–Crippen MR) is 119 cm³/mol. The maximum atomic E-state index is 12.6. The summed E-state index contributed by atoms with van der Waals surface area (Å²) < 4.78 is 1.51. The zero-order chi connectivity index (χ0) is 20.0. The first-order valence-corrected chi connectivity index (χ1v) is 10.2. The second kappa shape index (κ2) is 9.72. The van der Waals surface area contributed by atoms with Crippen LogP contribution in [-0.4, -0.2) is 19.0 Å². The largest absolute Gasteiger partial charge is 0.372 e. The Balaban J connectivity index is 2.23. The van der Waals surface area contributed by atoms with E-state index in [1.807, 2.05) is 49.4 Å². The Morgan fingerprint density at radius 1 is 1.15 bits per heavy atom. The summed E-state index contributed by atoms with van der Waals surface area (Å²) in [5.74, 6) is -0.449. The van der Waals surface area contributed by atoms with E-state index in [9.17, 15) is 10.1 Å². The van der Waals surface area contributed by atoms with Gasteiger partial charge in [-0.05, 0) is 94.1 Å². The average Bonchev–Trinajstić information content (AvgIpc) is 2.64. The Kier molecular flexibility index (Phi) is 7.64. The summed E-state index contributed by atoms with van der Waals surface area (Å²) in [6, 6.07) is 13.6. The lowest BCUT2D eigenvalue weighted by atomic mass is 10.1. The van der Waals surface area contributed by atoms with Crippen LogP contribution in [0.4, 0.5) is 11.4 Å². The van der Waals surface area contributed by atoms with Gasteiger partial charge in [0.2, 0.25) is 0 Å². The molecule has 0 atom stereocenters. The molecular formula is C21H21Br2N3O. The van der Waals surface area contributed by atoms with Crippen LogP contribution in [0.5, 0.6) is 0 Å². The summed E-state index contributed by atoms with van der Waals surface area (Å²) in [4.78, 5) is 14.8. The van der Waals surface area contributed by atoms with Crippen molar-refractivity contribution in [2.75, 3.05) is 23.3 Å². The van der Waals surface area contributed by atoms with Crippen molar-refractivity contribution in [3.63, 3.8) is 0 Å². The van der Waals surface area contributed by atoms with E-state index in [0.717, 1.165) is 38.8 Å². The van der Waals surface area contributed by atoms with Crippen LogP contribution in [0, 0.1) is 18.3 Å². The number of nitrogens with zero attached hydrogens (tertiary/aromatic N) is 2. The lowest BCUT2D eigenvalue weighted by Gasteiger charge is -2.20. The molecule has 0 unspecified atom stereocenters. The zero-order valence-electron chi connectivity index (χ0n) is 15.5. The highest BCUT2D eigenvalue weighted by atomic mass is 79.9. The van der Waals surface area contributed by atoms with E-state index in [0.29, 0.717) is 5.69 Å². The third kappa shape index (κ3) is 5.44. The fraction of sp³-hybridized carbons (Fsp3) is 0.238. The highest BCUT2D eigenvalue weighted by Gasteiger charge is 2.14. The van der Waals surface area contributed by atoms with Gasteiger partial charge in [-0.2, -0.15) is 5.26 Å². The van der Waals surface area contributed by atoms with Crippen molar-refractivity contribution in [3.05, 3.63) is 62.0 Å². The number of aryl methyl sites for hydroxylation is 1. The summed E-state index contributed by atoms with van der Waals surface area (Å²) in [5, 5.41) is 12.2. The molecule has 0 saturated heterocycles. The van der Waals surface area contributed by atoms with Crippen LogP contribution >= 0.6 is 31.9 Å². The normalized spacial score (nSPS) is 11.0. The molecule has 4 nitrogen and oxygen atoms in total. The topological polar surface area (TPSA) is 56.1 Å². The standard InChI is InChI=1S/C21H21Br2N3O/c1-4-26(5-2)17-8-6-15(7-9-17)12-16(13-24)21(27)25-20-18(22)10-14(3)11-19(20)23/h6-12H,4-5H2,1-3H3,(H,25,27)/b16-12+. The van der Waals surface area contributed by atoms with Crippen LogP contribution in [0.15, 0.2) is 50.9 Å². The van der Waals surface area contributed by atoms with Gasteiger partial charge in [0.15, 0.2) is 0 Å². The number of carbonyl (C=O) groups is 1. The minimum Gasteiger partial charge on any atom is -0.372 e. The Labute approximate surface area is 177 Å². The number of hydrogen-bond donors (Lipinski definition) is 1. The van der Waals surface area contributed by atoms with Crippen molar-refractivity contribution < 1.29 is 4.79 Å². The molecule has 0 aliphatic heterocycles. The van der Waals surface area contributed by atoms with Gasteiger partial charge in [0, 0.05) is 27.7 Å². The highest BCUT2D eigenvalue weighted by molar-refractivity contribution is 9.11. The van der Waals surface area contributed by atoms with Gasteiger partial charge >= 0.3 is 0 Å². The molecule has 0 fully saturated rings. The molecule has 140 valence electrons. The summed E-state index contributed by atoms with van der Waals surface area (Å²) in [6.45, 7) is 8.03. The molecule has 2 aromatic rings. The van der Waals surface area contributed by atoms with Crippen molar-refractivity contribution in [1.29, 1.82) is 5.26 Å². The molecule has 0 bridgehead atoms.